The standard InChI is InChI=1S/C26H22F2O2.C13H12O/c27-25(15-17-7-3-1-4-8-17)21-13-11-20(24(25)30)19-12-14-22(29)26(28,23(19)21)16-18-9-5-2-6-10-18;14-13-9-5-4-8-12(13)10-11-6-2-1-3-7-11/h1-14,19-21,23H,15-16H2;1-9,14H,10H2/t19-,20+,21-,23-,25+,26-;/m0./s1. The van der Waals surface area contributed by atoms with Crippen molar-refractivity contribution in [2.75, 3.05) is 0 Å². The number of hydrogen-bond donors (Lipinski definition) is 1. The van der Waals surface area contributed by atoms with E-state index in [4.69, 9.17) is 0 Å². The van der Waals surface area contributed by atoms with Crippen LogP contribution in [0, 0.1) is 23.7 Å². The van der Waals surface area contributed by atoms with E-state index in [0.717, 1.165) is 12.0 Å². The van der Waals surface area contributed by atoms with Gasteiger partial charge in [0.15, 0.2) is 22.9 Å². The SMILES string of the molecule is O=C1C=C[C@@H]2[C@@H]([C@@H]3C=C[C@H]2C(=O)[C@@]3(F)Cc2ccccc2)[C@]1(F)Cc1ccccc1.Oc1ccccc1Cc1ccccc1. The number of hydrogen-bond acceptors (Lipinski definition) is 3. The predicted molar refractivity (Wildman–Crippen MR) is 168 cm³/mol. The average Bonchev–Trinajstić information content (AvgIpc) is 3.04. The molecule has 2 bridgehead atoms. The summed E-state index contributed by atoms with van der Waals surface area (Å²) in [6.45, 7) is 0. The van der Waals surface area contributed by atoms with E-state index in [1.165, 1.54) is 11.6 Å². The molecule has 0 aliphatic heterocycles. The Morgan fingerprint density at radius 1 is 0.614 bits per heavy atom. The van der Waals surface area contributed by atoms with E-state index in [1.54, 1.807) is 72.8 Å². The molecular formula is C39H34F2O3. The van der Waals surface area contributed by atoms with Gasteiger partial charge in [0, 0.05) is 37.0 Å². The number of carbonyl (C=O) groups is 2. The molecule has 1 N–H and O–H groups in total. The first-order chi connectivity index (χ1) is 21.3. The van der Waals surface area contributed by atoms with Gasteiger partial charge in [0.25, 0.3) is 0 Å². The van der Waals surface area contributed by atoms with Gasteiger partial charge in [-0.25, -0.2) is 8.78 Å². The lowest BCUT2D eigenvalue weighted by Crippen LogP contribution is -2.66. The van der Waals surface area contributed by atoms with Crippen molar-refractivity contribution >= 4 is 11.6 Å². The molecule has 8 rings (SSSR count). The van der Waals surface area contributed by atoms with Crippen LogP contribution in [0.15, 0.2) is 140 Å². The third kappa shape index (κ3) is 5.55. The topological polar surface area (TPSA) is 54.4 Å². The number of alkyl halides is 2. The number of aromatic hydroxyl groups is 1. The first-order valence-electron chi connectivity index (χ1n) is 15.0. The maximum absolute atomic E-state index is 16.5. The van der Waals surface area contributed by atoms with Crippen LogP contribution in [0.3, 0.4) is 0 Å². The second kappa shape index (κ2) is 12.2. The van der Waals surface area contributed by atoms with Crippen molar-refractivity contribution < 1.29 is 23.5 Å². The number of benzene rings is 4. The first kappa shape index (κ1) is 29.4. The normalized spacial score (nSPS) is 28.2. The summed E-state index contributed by atoms with van der Waals surface area (Å²) in [5.74, 6) is -3.90. The molecule has 1 fully saturated rings. The highest BCUT2D eigenvalue weighted by atomic mass is 19.1. The van der Waals surface area contributed by atoms with E-state index in [9.17, 15) is 14.7 Å². The zero-order chi connectivity index (χ0) is 30.7. The van der Waals surface area contributed by atoms with Gasteiger partial charge in [-0.2, -0.15) is 0 Å². The number of allylic oxidation sites excluding steroid dienone is 4. The lowest BCUT2D eigenvalue weighted by Gasteiger charge is -2.55. The second-order valence-corrected chi connectivity index (χ2v) is 12.0. The minimum Gasteiger partial charge on any atom is -0.508 e. The number of halogens is 2. The van der Waals surface area contributed by atoms with Crippen LogP contribution in [0.25, 0.3) is 0 Å². The third-order valence-electron chi connectivity index (χ3n) is 9.23. The molecule has 3 nitrogen and oxygen atoms in total. The van der Waals surface area contributed by atoms with Gasteiger partial charge < -0.3 is 5.11 Å². The van der Waals surface area contributed by atoms with Gasteiger partial charge >= 0.3 is 0 Å². The fourth-order valence-electron chi connectivity index (χ4n) is 7.09. The van der Waals surface area contributed by atoms with Gasteiger partial charge in [-0.1, -0.05) is 127 Å². The second-order valence-electron chi connectivity index (χ2n) is 12.0. The highest BCUT2D eigenvalue weighted by Crippen LogP contribution is 2.57. The van der Waals surface area contributed by atoms with Gasteiger partial charge in [-0.15, -0.1) is 0 Å². The van der Waals surface area contributed by atoms with Crippen LogP contribution in [0.4, 0.5) is 8.78 Å². The van der Waals surface area contributed by atoms with E-state index >= 15 is 8.78 Å². The van der Waals surface area contributed by atoms with Gasteiger partial charge in [0.2, 0.25) is 0 Å². The van der Waals surface area contributed by atoms with Crippen LogP contribution in [0.5, 0.6) is 5.75 Å². The lowest BCUT2D eigenvalue weighted by molar-refractivity contribution is -0.160. The average molecular weight is 589 g/mol. The molecule has 0 saturated heterocycles. The number of para-hydroxylation sites is 1. The van der Waals surface area contributed by atoms with Crippen molar-refractivity contribution in [3.05, 3.63) is 162 Å². The van der Waals surface area contributed by atoms with Crippen molar-refractivity contribution in [2.24, 2.45) is 23.7 Å². The summed E-state index contributed by atoms with van der Waals surface area (Å²) in [6, 6.07) is 35.5. The monoisotopic (exact) mass is 588 g/mol. The number of Topliss-reactive ketones (excluding diaryl/α,β-unsaturated/α-hetero) is 1. The molecule has 0 unspecified atom stereocenters. The highest BCUT2D eigenvalue weighted by Gasteiger charge is 2.67. The zero-order valence-electron chi connectivity index (χ0n) is 24.2. The van der Waals surface area contributed by atoms with E-state index < -0.39 is 46.6 Å². The number of rotatable bonds is 6. The van der Waals surface area contributed by atoms with Crippen LogP contribution >= 0.6 is 0 Å². The smallest absolute Gasteiger partial charge is 0.193 e. The molecule has 4 aliphatic carbocycles. The Balaban J connectivity index is 0.000000205. The number of phenols is 1. The predicted octanol–water partition coefficient (Wildman–Crippen LogP) is 7.63. The summed E-state index contributed by atoms with van der Waals surface area (Å²) < 4.78 is 33.0. The molecule has 0 radical (unpaired) electrons. The molecule has 0 heterocycles. The molecule has 4 aromatic carbocycles. The van der Waals surface area contributed by atoms with E-state index in [0.29, 0.717) is 16.9 Å². The van der Waals surface area contributed by atoms with Gasteiger partial charge in [0.1, 0.15) is 5.75 Å². The molecule has 4 aromatic rings. The molecule has 5 heteroatoms. The maximum Gasteiger partial charge on any atom is 0.193 e. The van der Waals surface area contributed by atoms with Gasteiger partial charge in [-0.05, 0) is 40.3 Å². The molecule has 44 heavy (non-hydrogen) atoms. The molecule has 6 atom stereocenters. The minimum absolute atomic E-state index is 0.110. The summed E-state index contributed by atoms with van der Waals surface area (Å²) in [7, 11) is 0. The van der Waals surface area contributed by atoms with Crippen molar-refractivity contribution in [3.63, 3.8) is 0 Å². The van der Waals surface area contributed by atoms with Crippen molar-refractivity contribution in [2.45, 2.75) is 30.6 Å². The highest BCUT2D eigenvalue weighted by molar-refractivity contribution is 6.01. The number of ketones is 2. The van der Waals surface area contributed by atoms with Gasteiger partial charge in [-0.3, -0.25) is 9.59 Å². The van der Waals surface area contributed by atoms with E-state index in [2.05, 4.69) is 12.1 Å². The fraction of sp³-hybridized carbons (Fsp3) is 0.231. The molecule has 4 aliphatic rings. The minimum atomic E-state index is -2.25. The van der Waals surface area contributed by atoms with Crippen LogP contribution < -0.4 is 0 Å². The Bertz CT molecular complexity index is 1680. The Hall–Kier alpha value is -4.64. The largest absolute Gasteiger partial charge is 0.508 e. The van der Waals surface area contributed by atoms with Crippen molar-refractivity contribution in [1.29, 1.82) is 0 Å². The first-order valence-corrected chi connectivity index (χ1v) is 15.0. The molecule has 0 spiro atoms. The number of fused-ring (bicyclic) bond motifs is 1. The van der Waals surface area contributed by atoms with Crippen molar-refractivity contribution in [1.82, 2.24) is 0 Å². The van der Waals surface area contributed by atoms with E-state index in [1.807, 2.05) is 48.5 Å². The van der Waals surface area contributed by atoms with Gasteiger partial charge in [0.05, 0.1) is 0 Å². The molecule has 0 aromatic heterocycles. The summed E-state index contributed by atoms with van der Waals surface area (Å²) in [4.78, 5) is 26.0. The summed E-state index contributed by atoms with van der Waals surface area (Å²) >= 11 is 0. The molecule has 222 valence electrons. The summed E-state index contributed by atoms with van der Waals surface area (Å²) in [5.41, 5.74) is -0.902. The number of carbonyl (C=O) groups excluding carboxylic acids is 2. The number of phenolic OH excluding ortho intramolecular Hbond substituents is 1. The van der Waals surface area contributed by atoms with E-state index in [-0.39, 0.29) is 12.8 Å². The molecule has 0 amide bonds. The zero-order valence-corrected chi connectivity index (χ0v) is 24.2. The van der Waals surface area contributed by atoms with Crippen LogP contribution in [0.1, 0.15) is 22.3 Å². The lowest BCUT2D eigenvalue weighted by atomic mass is 9.49. The fourth-order valence-corrected chi connectivity index (χ4v) is 7.09. The maximum atomic E-state index is 16.5. The Labute approximate surface area is 256 Å². The van der Waals surface area contributed by atoms with Crippen LogP contribution in [-0.4, -0.2) is 28.0 Å². The van der Waals surface area contributed by atoms with Crippen molar-refractivity contribution in [3.8, 4) is 5.75 Å². The quantitative estimate of drug-likeness (QED) is 0.236. The third-order valence-corrected chi connectivity index (χ3v) is 9.23. The van der Waals surface area contributed by atoms with Crippen LogP contribution in [-0.2, 0) is 28.9 Å². The molecule has 1 saturated carbocycles. The Morgan fingerprint density at radius 3 is 1.73 bits per heavy atom. The Kier molecular flexibility index (Phi) is 8.13. The molecular weight excluding hydrogens is 554 g/mol. The Morgan fingerprint density at radius 2 is 1.14 bits per heavy atom. The summed E-state index contributed by atoms with van der Waals surface area (Å²) in [5, 5.41) is 9.57. The summed E-state index contributed by atoms with van der Waals surface area (Å²) in [6.07, 6.45) is 6.78. The van der Waals surface area contributed by atoms with Crippen LogP contribution in [0.2, 0.25) is 0 Å².